The lowest BCUT2D eigenvalue weighted by Crippen LogP contribution is -2.51. The summed E-state index contributed by atoms with van der Waals surface area (Å²) in [5, 5.41) is 14.5. The van der Waals surface area contributed by atoms with Gasteiger partial charge in [0.25, 0.3) is 0 Å². The van der Waals surface area contributed by atoms with Gasteiger partial charge in [0.1, 0.15) is 25.3 Å². The average Bonchev–Trinajstić information content (AvgIpc) is 3.24. The average molecular weight is 503 g/mol. The van der Waals surface area contributed by atoms with Crippen LogP contribution in [0.5, 0.6) is 0 Å². The maximum atomic E-state index is 12.7. The van der Waals surface area contributed by atoms with Gasteiger partial charge in [-0.2, -0.15) is 0 Å². The molecule has 0 heterocycles. The lowest BCUT2D eigenvalue weighted by Gasteiger charge is -2.21. The fourth-order valence-corrected chi connectivity index (χ4v) is 4.41. The summed E-state index contributed by atoms with van der Waals surface area (Å²) >= 11 is 0. The summed E-state index contributed by atoms with van der Waals surface area (Å²) in [5.74, 6) is -1.35. The normalized spacial score (nSPS) is 13.6. The van der Waals surface area contributed by atoms with Crippen LogP contribution in [0.4, 0.5) is 4.79 Å². The summed E-state index contributed by atoms with van der Waals surface area (Å²) in [4.78, 5) is 37.7. The van der Waals surface area contributed by atoms with Crippen LogP contribution in [0.15, 0.2) is 78.9 Å². The third kappa shape index (κ3) is 6.34. The number of ether oxygens (including phenoxy) is 2. The summed E-state index contributed by atoms with van der Waals surface area (Å²) < 4.78 is 10.8. The molecule has 0 spiro atoms. The summed E-state index contributed by atoms with van der Waals surface area (Å²) in [6.45, 7) is 1.33. The highest BCUT2D eigenvalue weighted by molar-refractivity contribution is 5.89. The lowest BCUT2D eigenvalue weighted by molar-refractivity contribution is -0.148. The standard InChI is InChI=1S/C29H30N2O6/c1-19(28(34)36-17-20-9-3-2-4-10-20)30-27(33)26(15-16-32)31-29(35)37-18-25-23-13-7-5-11-21(23)22-12-6-8-14-24(22)25/h2-14,19,25-26,32H,15-18H2,1H3,(H,30,33)(H,31,35)/t19-,26+/m1/s1. The van der Waals surface area contributed by atoms with E-state index in [0.717, 1.165) is 27.8 Å². The van der Waals surface area contributed by atoms with E-state index in [0.29, 0.717) is 0 Å². The molecule has 0 fully saturated rings. The number of carbonyl (C=O) groups excluding carboxylic acids is 3. The number of carbonyl (C=O) groups is 3. The molecule has 3 aromatic rings. The molecular formula is C29H30N2O6. The Morgan fingerprint density at radius 3 is 2.05 bits per heavy atom. The summed E-state index contributed by atoms with van der Waals surface area (Å²) in [5.41, 5.74) is 5.19. The zero-order valence-electron chi connectivity index (χ0n) is 20.6. The number of aliphatic hydroxyl groups excluding tert-OH is 1. The second kappa shape index (κ2) is 12.2. The molecule has 0 aromatic heterocycles. The van der Waals surface area contributed by atoms with Crippen molar-refractivity contribution in [2.24, 2.45) is 0 Å². The smallest absolute Gasteiger partial charge is 0.407 e. The van der Waals surface area contributed by atoms with Gasteiger partial charge in [-0.05, 0) is 41.2 Å². The van der Waals surface area contributed by atoms with E-state index in [1.807, 2.05) is 78.9 Å². The Hall–Kier alpha value is -4.17. The minimum absolute atomic E-state index is 0.0399. The summed E-state index contributed by atoms with van der Waals surface area (Å²) in [6.07, 6.45) is -0.822. The van der Waals surface area contributed by atoms with Crippen LogP contribution in [-0.2, 0) is 25.7 Å². The van der Waals surface area contributed by atoms with Gasteiger partial charge >= 0.3 is 12.1 Å². The highest BCUT2D eigenvalue weighted by Crippen LogP contribution is 2.44. The van der Waals surface area contributed by atoms with E-state index in [4.69, 9.17) is 9.47 Å². The highest BCUT2D eigenvalue weighted by Gasteiger charge is 2.30. The second-order valence-electron chi connectivity index (χ2n) is 8.86. The third-order valence-corrected chi connectivity index (χ3v) is 6.31. The first kappa shape index (κ1) is 25.9. The van der Waals surface area contributed by atoms with Crippen LogP contribution in [0.2, 0.25) is 0 Å². The predicted molar refractivity (Wildman–Crippen MR) is 138 cm³/mol. The van der Waals surface area contributed by atoms with Gasteiger partial charge in [-0.1, -0.05) is 78.9 Å². The largest absolute Gasteiger partial charge is 0.459 e. The number of hydrogen-bond acceptors (Lipinski definition) is 6. The topological polar surface area (TPSA) is 114 Å². The van der Waals surface area contributed by atoms with E-state index in [1.165, 1.54) is 6.92 Å². The zero-order valence-corrected chi connectivity index (χ0v) is 20.6. The molecule has 8 heteroatoms. The van der Waals surface area contributed by atoms with E-state index in [-0.39, 0.29) is 32.2 Å². The van der Waals surface area contributed by atoms with Crippen molar-refractivity contribution in [3.63, 3.8) is 0 Å². The van der Waals surface area contributed by atoms with Gasteiger partial charge in [0, 0.05) is 12.5 Å². The van der Waals surface area contributed by atoms with Crippen molar-refractivity contribution in [3.05, 3.63) is 95.6 Å². The van der Waals surface area contributed by atoms with Crippen molar-refractivity contribution in [1.82, 2.24) is 10.6 Å². The van der Waals surface area contributed by atoms with Crippen molar-refractivity contribution in [2.45, 2.75) is 38.0 Å². The number of esters is 1. The quantitative estimate of drug-likeness (QED) is 0.366. The van der Waals surface area contributed by atoms with Crippen molar-refractivity contribution in [3.8, 4) is 11.1 Å². The predicted octanol–water partition coefficient (Wildman–Crippen LogP) is 3.52. The Balaban J connectivity index is 1.31. The number of alkyl carbamates (subject to hydrolysis) is 1. The van der Waals surface area contributed by atoms with Gasteiger partial charge in [-0.25, -0.2) is 9.59 Å². The monoisotopic (exact) mass is 502 g/mol. The van der Waals surface area contributed by atoms with Crippen LogP contribution in [0.1, 0.15) is 36.0 Å². The molecule has 2 atom stereocenters. The first-order valence-corrected chi connectivity index (χ1v) is 12.2. The summed E-state index contributed by atoms with van der Waals surface area (Å²) in [7, 11) is 0. The van der Waals surface area contributed by atoms with E-state index in [9.17, 15) is 19.5 Å². The molecule has 0 saturated carbocycles. The van der Waals surface area contributed by atoms with Gasteiger partial charge in [-0.15, -0.1) is 0 Å². The molecule has 0 bridgehead atoms. The number of aliphatic hydroxyl groups is 1. The molecule has 0 unspecified atom stereocenters. The molecule has 37 heavy (non-hydrogen) atoms. The van der Waals surface area contributed by atoms with Crippen molar-refractivity contribution in [1.29, 1.82) is 0 Å². The summed E-state index contributed by atoms with van der Waals surface area (Å²) in [6, 6.07) is 23.1. The van der Waals surface area contributed by atoms with Crippen LogP contribution in [0.3, 0.4) is 0 Å². The first-order chi connectivity index (χ1) is 18.0. The van der Waals surface area contributed by atoms with Gasteiger partial charge < -0.3 is 25.2 Å². The fourth-order valence-electron chi connectivity index (χ4n) is 4.41. The minimum Gasteiger partial charge on any atom is -0.459 e. The van der Waals surface area contributed by atoms with Crippen molar-refractivity contribution >= 4 is 18.0 Å². The molecule has 2 amide bonds. The highest BCUT2D eigenvalue weighted by atomic mass is 16.5. The number of nitrogens with one attached hydrogen (secondary N) is 2. The van der Waals surface area contributed by atoms with Crippen LogP contribution in [0.25, 0.3) is 11.1 Å². The van der Waals surface area contributed by atoms with E-state index in [1.54, 1.807) is 0 Å². The molecule has 0 saturated heterocycles. The number of fused-ring (bicyclic) bond motifs is 3. The van der Waals surface area contributed by atoms with Gasteiger partial charge in [0.15, 0.2) is 0 Å². The third-order valence-electron chi connectivity index (χ3n) is 6.31. The van der Waals surface area contributed by atoms with Crippen molar-refractivity contribution in [2.75, 3.05) is 13.2 Å². The Morgan fingerprint density at radius 2 is 1.43 bits per heavy atom. The van der Waals surface area contributed by atoms with E-state index in [2.05, 4.69) is 10.6 Å². The molecule has 0 aliphatic heterocycles. The minimum atomic E-state index is -1.08. The molecule has 1 aliphatic rings. The Bertz CT molecular complexity index is 1200. The van der Waals surface area contributed by atoms with E-state index >= 15 is 0 Å². The second-order valence-corrected chi connectivity index (χ2v) is 8.86. The molecule has 3 aromatic carbocycles. The Labute approximate surface area is 215 Å². The van der Waals surface area contributed by atoms with Crippen LogP contribution < -0.4 is 10.6 Å². The molecule has 1 aliphatic carbocycles. The van der Waals surface area contributed by atoms with Crippen LogP contribution in [-0.4, -0.2) is 48.4 Å². The molecule has 192 valence electrons. The van der Waals surface area contributed by atoms with Crippen LogP contribution in [0, 0.1) is 0 Å². The van der Waals surface area contributed by atoms with Gasteiger partial charge in [0.05, 0.1) is 0 Å². The number of hydrogen-bond donors (Lipinski definition) is 3. The Kier molecular flexibility index (Phi) is 8.53. The van der Waals surface area contributed by atoms with Crippen molar-refractivity contribution < 1.29 is 29.0 Å². The number of benzene rings is 3. The van der Waals surface area contributed by atoms with E-state index < -0.39 is 30.1 Å². The molecular weight excluding hydrogens is 472 g/mol. The maximum absolute atomic E-state index is 12.7. The SMILES string of the molecule is C[C@@H](NC(=O)[C@H](CCO)NC(=O)OCC1c2ccccc2-c2ccccc21)C(=O)OCc1ccccc1. The maximum Gasteiger partial charge on any atom is 0.407 e. The molecule has 8 nitrogen and oxygen atoms in total. The molecule has 0 radical (unpaired) electrons. The van der Waals surface area contributed by atoms with Crippen LogP contribution >= 0.6 is 0 Å². The van der Waals surface area contributed by atoms with Gasteiger partial charge in [-0.3, -0.25) is 4.79 Å². The molecule has 3 N–H and O–H groups in total. The molecule has 4 rings (SSSR count). The lowest BCUT2D eigenvalue weighted by atomic mass is 9.98. The van der Waals surface area contributed by atoms with Gasteiger partial charge in [0.2, 0.25) is 5.91 Å². The number of rotatable bonds is 10. The zero-order chi connectivity index (χ0) is 26.2. The first-order valence-electron chi connectivity index (χ1n) is 12.2. The Morgan fingerprint density at radius 1 is 0.838 bits per heavy atom. The fraction of sp³-hybridized carbons (Fsp3) is 0.276. The number of amides is 2.